The Hall–Kier alpha value is -8.14. The number of furan rings is 1. The molecule has 286 valence electrons. The van der Waals surface area contributed by atoms with Crippen molar-refractivity contribution in [2.75, 3.05) is 4.90 Å². The maximum atomic E-state index is 6.19. The molecule has 0 aliphatic heterocycles. The van der Waals surface area contributed by atoms with Gasteiger partial charge in [-0.05, 0) is 123 Å². The second-order valence-electron chi connectivity index (χ2n) is 15.7. The van der Waals surface area contributed by atoms with Crippen molar-refractivity contribution in [3.05, 3.63) is 231 Å². The van der Waals surface area contributed by atoms with Crippen molar-refractivity contribution in [1.29, 1.82) is 0 Å². The Balaban J connectivity index is 0.907. The summed E-state index contributed by atoms with van der Waals surface area (Å²) in [5.41, 5.74) is 15.7. The van der Waals surface area contributed by atoms with Crippen LogP contribution in [0.2, 0.25) is 0 Å². The molecule has 2 aromatic heterocycles. The molecule has 3 nitrogen and oxygen atoms in total. The summed E-state index contributed by atoms with van der Waals surface area (Å²) in [5.74, 6) is 0. The van der Waals surface area contributed by atoms with Gasteiger partial charge in [-0.25, -0.2) is 0 Å². The Bertz CT molecular complexity index is 3500. The normalized spacial score (nSPS) is 11.6. The lowest BCUT2D eigenvalue weighted by Crippen LogP contribution is -2.10. The van der Waals surface area contributed by atoms with Gasteiger partial charge in [-0.2, -0.15) is 0 Å². The molecule has 0 aliphatic carbocycles. The molecule has 12 aromatic rings. The van der Waals surface area contributed by atoms with Gasteiger partial charge in [0.05, 0.1) is 11.0 Å². The Kier molecular flexibility index (Phi) is 8.17. The third-order valence-electron chi connectivity index (χ3n) is 12.2. The van der Waals surface area contributed by atoms with E-state index in [0.29, 0.717) is 0 Å². The van der Waals surface area contributed by atoms with Gasteiger partial charge in [0, 0.05) is 44.3 Å². The number of para-hydroxylation sites is 3. The first kappa shape index (κ1) is 34.9. The van der Waals surface area contributed by atoms with E-state index in [1.165, 1.54) is 60.4 Å². The Labute approximate surface area is 353 Å². The van der Waals surface area contributed by atoms with Crippen LogP contribution < -0.4 is 4.90 Å². The first-order valence-corrected chi connectivity index (χ1v) is 20.8. The van der Waals surface area contributed by atoms with Crippen LogP contribution in [-0.2, 0) is 0 Å². The van der Waals surface area contributed by atoms with Crippen LogP contribution in [0.4, 0.5) is 17.1 Å². The average Bonchev–Trinajstić information content (AvgIpc) is 3.89. The van der Waals surface area contributed by atoms with Crippen LogP contribution in [0.5, 0.6) is 0 Å². The van der Waals surface area contributed by atoms with Crippen LogP contribution in [0.3, 0.4) is 0 Å². The molecule has 0 amide bonds. The molecule has 0 saturated heterocycles. The minimum Gasteiger partial charge on any atom is -0.456 e. The van der Waals surface area contributed by atoms with Gasteiger partial charge in [0.2, 0.25) is 0 Å². The van der Waals surface area contributed by atoms with Crippen molar-refractivity contribution in [1.82, 2.24) is 4.57 Å². The number of fused-ring (bicyclic) bond motifs is 7. The molecule has 0 saturated carbocycles. The lowest BCUT2D eigenvalue weighted by Gasteiger charge is -2.26. The van der Waals surface area contributed by atoms with E-state index in [1.807, 2.05) is 12.1 Å². The van der Waals surface area contributed by atoms with E-state index in [0.717, 1.165) is 50.3 Å². The molecule has 2 heterocycles. The van der Waals surface area contributed by atoms with E-state index < -0.39 is 0 Å². The van der Waals surface area contributed by atoms with Gasteiger partial charge in [0.15, 0.2) is 0 Å². The summed E-state index contributed by atoms with van der Waals surface area (Å²) < 4.78 is 8.56. The fourth-order valence-corrected chi connectivity index (χ4v) is 9.23. The van der Waals surface area contributed by atoms with Gasteiger partial charge >= 0.3 is 0 Å². The number of anilines is 3. The van der Waals surface area contributed by atoms with E-state index >= 15 is 0 Å². The first-order valence-electron chi connectivity index (χ1n) is 20.8. The molecule has 0 bridgehead atoms. The van der Waals surface area contributed by atoms with Gasteiger partial charge in [-0.15, -0.1) is 0 Å². The fraction of sp³-hybridized carbons (Fsp3) is 0. The van der Waals surface area contributed by atoms with Crippen LogP contribution in [0.25, 0.3) is 93.6 Å². The van der Waals surface area contributed by atoms with Gasteiger partial charge in [-0.3, -0.25) is 0 Å². The average molecular weight is 779 g/mol. The zero-order valence-electron chi connectivity index (χ0n) is 33.2. The lowest BCUT2D eigenvalue weighted by atomic mass is 9.97. The topological polar surface area (TPSA) is 21.3 Å². The maximum absolute atomic E-state index is 6.19. The summed E-state index contributed by atoms with van der Waals surface area (Å²) in [4.78, 5) is 2.35. The van der Waals surface area contributed by atoms with Crippen molar-refractivity contribution in [3.8, 4) is 39.1 Å². The minimum absolute atomic E-state index is 0.910. The molecular formula is C58H38N2O. The second kappa shape index (κ2) is 14.3. The fourth-order valence-electron chi connectivity index (χ4n) is 9.23. The first-order chi connectivity index (χ1) is 30.2. The predicted molar refractivity (Wildman–Crippen MR) is 257 cm³/mol. The van der Waals surface area contributed by atoms with E-state index in [2.05, 4.69) is 228 Å². The number of rotatable bonds is 7. The van der Waals surface area contributed by atoms with Gasteiger partial charge in [0.1, 0.15) is 11.2 Å². The molecule has 0 atom stereocenters. The summed E-state index contributed by atoms with van der Waals surface area (Å²) in [6.45, 7) is 0. The van der Waals surface area contributed by atoms with E-state index in [-0.39, 0.29) is 0 Å². The third kappa shape index (κ3) is 5.98. The van der Waals surface area contributed by atoms with E-state index in [4.69, 9.17) is 4.42 Å². The maximum Gasteiger partial charge on any atom is 0.136 e. The highest BCUT2D eigenvalue weighted by molar-refractivity contribution is 6.12. The quantitative estimate of drug-likeness (QED) is 0.161. The number of benzene rings is 10. The van der Waals surface area contributed by atoms with Crippen molar-refractivity contribution < 1.29 is 4.42 Å². The summed E-state index contributed by atoms with van der Waals surface area (Å²) in [6.07, 6.45) is 0. The minimum atomic E-state index is 0.910. The molecule has 0 spiro atoms. The lowest BCUT2D eigenvalue weighted by molar-refractivity contribution is 0.669. The van der Waals surface area contributed by atoms with Crippen LogP contribution in [0.15, 0.2) is 235 Å². The standard InChI is InChI=1S/C58H38N2O/c1-2-11-44-38-45(25-22-39(44)10-1)42-28-32-47(33-29-42)59(48-34-36-49(37-35-48)60-54-16-6-3-12-51(54)52-13-4-7-17-55(52)60)46-30-26-41(27-31-46)40-20-23-43(24-21-40)50-15-9-19-57-58(50)53-14-5-8-18-56(53)61-57/h1-38H. The Morgan fingerprint density at radius 1 is 0.328 bits per heavy atom. The summed E-state index contributed by atoms with van der Waals surface area (Å²) >= 11 is 0. The summed E-state index contributed by atoms with van der Waals surface area (Å²) in [5, 5.41) is 7.31. The molecule has 0 radical (unpaired) electrons. The third-order valence-corrected chi connectivity index (χ3v) is 12.2. The predicted octanol–water partition coefficient (Wildman–Crippen LogP) is 16.3. The van der Waals surface area contributed by atoms with Crippen LogP contribution in [0, 0.1) is 0 Å². The van der Waals surface area contributed by atoms with Crippen LogP contribution in [0.1, 0.15) is 0 Å². The molecule has 0 fully saturated rings. The molecule has 0 aliphatic rings. The summed E-state index contributed by atoms with van der Waals surface area (Å²) in [7, 11) is 0. The molecular weight excluding hydrogens is 741 g/mol. The highest BCUT2D eigenvalue weighted by atomic mass is 16.3. The Morgan fingerprint density at radius 2 is 0.803 bits per heavy atom. The number of aromatic nitrogens is 1. The largest absolute Gasteiger partial charge is 0.456 e. The molecule has 12 rings (SSSR count). The molecule has 0 N–H and O–H groups in total. The van der Waals surface area contributed by atoms with E-state index in [9.17, 15) is 0 Å². The van der Waals surface area contributed by atoms with Crippen molar-refractivity contribution in [3.63, 3.8) is 0 Å². The van der Waals surface area contributed by atoms with Crippen LogP contribution >= 0.6 is 0 Å². The molecule has 61 heavy (non-hydrogen) atoms. The monoisotopic (exact) mass is 778 g/mol. The Morgan fingerprint density at radius 3 is 1.46 bits per heavy atom. The van der Waals surface area contributed by atoms with Crippen molar-refractivity contribution >= 4 is 71.6 Å². The molecule has 0 unspecified atom stereocenters. The zero-order valence-corrected chi connectivity index (χ0v) is 33.2. The number of hydrogen-bond acceptors (Lipinski definition) is 2. The zero-order chi connectivity index (χ0) is 40.3. The number of nitrogens with zero attached hydrogens (tertiary/aromatic N) is 2. The van der Waals surface area contributed by atoms with Crippen molar-refractivity contribution in [2.24, 2.45) is 0 Å². The van der Waals surface area contributed by atoms with Gasteiger partial charge in [0.25, 0.3) is 0 Å². The highest BCUT2D eigenvalue weighted by Crippen LogP contribution is 2.40. The SMILES string of the molecule is c1ccc2cc(-c3ccc(N(c4ccc(-c5ccc(-c6cccc7oc8ccccc8c67)cc5)cc4)c4ccc(-n5c6ccccc6c6ccccc65)cc4)cc3)ccc2c1. The summed E-state index contributed by atoms with van der Waals surface area (Å²) in [6, 6.07) is 82.9. The second-order valence-corrected chi connectivity index (χ2v) is 15.7. The van der Waals surface area contributed by atoms with Gasteiger partial charge < -0.3 is 13.9 Å². The highest BCUT2D eigenvalue weighted by Gasteiger charge is 2.17. The van der Waals surface area contributed by atoms with E-state index in [1.54, 1.807) is 0 Å². The molecule has 3 heteroatoms. The number of hydrogen-bond donors (Lipinski definition) is 0. The van der Waals surface area contributed by atoms with Gasteiger partial charge in [-0.1, -0.05) is 152 Å². The van der Waals surface area contributed by atoms with Crippen molar-refractivity contribution in [2.45, 2.75) is 0 Å². The molecule has 10 aromatic carbocycles. The smallest absolute Gasteiger partial charge is 0.136 e. The van der Waals surface area contributed by atoms with Crippen LogP contribution in [-0.4, -0.2) is 4.57 Å².